The first-order valence-corrected chi connectivity index (χ1v) is 27.7. The Bertz CT molecular complexity index is 1200. The van der Waals surface area contributed by atoms with E-state index in [4.69, 9.17) is 4.74 Å². The van der Waals surface area contributed by atoms with Crippen molar-refractivity contribution < 1.29 is 24.5 Å². The Morgan fingerprint density at radius 1 is 0.477 bits per heavy atom. The van der Waals surface area contributed by atoms with Crippen LogP contribution in [0, 0.1) is 0 Å². The molecule has 6 heteroatoms. The van der Waals surface area contributed by atoms with Gasteiger partial charge in [-0.2, -0.15) is 0 Å². The van der Waals surface area contributed by atoms with E-state index < -0.39 is 18.2 Å². The Morgan fingerprint density at radius 2 is 0.862 bits per heavy atom. The Morgan fingerprint density at radius 3 is 1.29 bits per heavy atom. The molecule has 0 radical (unpaired) electrons. The molecule has 0 aromatic heterocycles. The topological polar surface area (TPSA) is 95.9 Å². The summed E-state index contributed by atoms with van der Waals surface area (Å²) in [5, 5.41) is 23.8. The first-order chi connectivity index (χ1) is 32.0. The molecular weight excluding hydrogens is 803 g/mol. The van der Waals surface area contributed by atoms with Gasteiger partial charge in [-0.05, 0) is 44.9 Å². The lowest BCUT2D eigenvalue weighted by Gasteiger charge is -2.24. The third-order valence-corrected chi connectivity index (χ3v) is 12.4. The molecule has 376 valence electrons. The minimum atomic E-state index is -0.820. The van der Waals surface area contributed by atoms with Gasteiger partial charge in [-0.15, -0.1) is 0 Å². The van der Waals surface area contributed by atoms with Gasteiger partial charge in [0.25, 0.3) is 0 Å². The lowest BCUT2D eigenvalue weighted by molar-refractivity contribution is -0.150. The van der Waals surface area contributed by atoms with Crippen LogP contribution in [0.5, 0.6) is 0 Å². The molecule has 1 amide bonds. The van der Waals surface area contributed by atoms with Crippen LogP contribution in [-0.4, -0.2) is 46.9 Å². The van der Waals surface area contributed by atoms with Gasteiger partial charge in [0.1, 0.15) is 6.10 Å². The second kappa shape index (κ2) is 52.3. The fourth-order valence-corrected chi connectivity index (χ4v) is 8.21. The van der Waals surface area contributed by atoms with Gasteiger partial charge in [-0.3, -0.25) is 9.59 Å². The van der Waals surface area contributed by atoms with Crippen molar-refractivity contribution in [3.8, 4) is 0 Å². The molecular formula is C59H105NO5. The first kappa shape index (κ1) is 62.3. The number of amides is 1. The molecule has 0 aliphatic heterocycles. The Labute approximate surface area is 402 Å². The molecule has 0 bridgehead atoms. The van der Waals surface area contributed by atoms with E-state index >= 15 is 0 Å². The maximum absolute atomic E-state index is 13.2. The number of aliphatic hydroxyl groups is 2. The van der Waals surface area contributed by atoms with Crippen LogP contribution in [0.15, 0.2) is 72.9 Å². The largest absolute Gasteiger partial charge is 0.461 e. The summed E-state index contributed by atoms with van der Waals surface area (Å²) in [7, 11) is 0. The van der Waals surface area contributed by atoms with Crippen molar-refractivity contribution >= 4 is 11.9 Å². The predicted octanol–water partition coefficient (Wildman–Crippen LogP) is 17.0. The van der Waals surface area contributed by atoms with E-state index in [0.717, 1.165) is 44.9 Å². The highest BCUT2D eigenvalue weighted by Gasteiger charge is 2.23. The van der Waals surface area contributed by atoms with Crippen molar-refractivity contribution in [3.63, 3.8) is 0 Å². The number of rotatable bonds is 49. The summed E-state index contributed by atoms with van der Waals surface area (Å²) < 4.78 is 5.85. The molecule has 0 spiro atoms. The standard InChI is InChI=1S/C59H105NO5/c1-4-7-10-13-16-19-22-24-26-28-29-30-32-34-37-40-43-46-49-52-59(64)65-55(50-47-44-41-38-35-21-18-15-12-9-6-3)53-58(63)60-56(54-61)57(62)51-48-45-42-39-36-33-31-27-25-23-20-17-14-11-8-5-2/h9,12,15,18,21,24,26,35,38,41,44,47,55-57,61-62H,4-8,10-11,13-14,16-17,19-20,22-23,25,27-34,36-37,39-40,42-43,45-46,48-54H2,1-3H3,(H,60,63)/b12-9+,18-15+,26-24+,35-21-,41-38-,47-44+. The number of esters is 1. The van der Waals surface area contributed by atoms with Gasteiger partial charge in [-0.1, -0.05) is 273 Å². The molecule has 0 fully saturated rings. The highest BCUT2D eigenvalue weighted by Crippen LogP contribution is 2.17. The van der Waals surface area contributed by atoms with Crippen LogP contribution in [0.1, 0.15) is 265 Å². The summed E-state index contributed by atoms with van der Waals surface area (Å²) in [6.07, 6.45) is 67.1. The van der Waals surface area contributed by atoms with Gasteiger partial charge in [-0.25, -0.2) is 0 Å². The summed E-state index contributed by atoms with van der Waals surface area (Å²) in [5.41, 5.74) is 0. The average Bonchev–Trinajstić information content (AvgIpc) is 3.30. The maximum atomic E-state index is 13.2. The zero-order chi connectivity index (χ0) is 47.4. The molecule has 0 saturated heterocycles. The molecule has 0 rings (SSSR count). The van der Waals surface area contributed by atoms with Crippen molar-refractivity contribution in [2.75, 3.05) is 6.61 Å². The summed E-state index contributed by atoms with van der Waals surface area (Å²) in [6, 6.07) is -0.742. The summed E-state index contributed by atoms with van der Waals surface area (Å²) >= 11 is 0. The molecule has 0 heterocycles. The van der Waals surface area contributed by atoms with Crippen molar-refractivity contribution in [3.05, 3.63) is 72.9 Å². The van der Waals surface area contributed by atoms with Gasteiger partial charge in [0.2, 0.25) is 5.91 Å². The Hall–Kier alpha value is -2.70. The molecule has 0 saturated carbocycles. The zero-order valence-electron chi connectivity index (χ0n) is 42.9. The quantitative estimate of drug-likeness (QED) is 0.0245. The van der Waals surface area contributed by atoms with Gasteiger partial charge in [0.05, 0.1) is 25.2 Å². The molecule has 3 atom stereocenters. The molecule has 3 N–H and O–H groups in total. The minimum absolute atomic E-state index is 0.0203. The fourth-order valence-electron chi connectivity index (χ4n) is 8.21. The second-order valence-corrected chi connectivity index (χ2v) is 18.7. The van der Waals surface area contributed by atoms with Gasteiger partial charge < -0.3 is 20.3 Å². The van der Waals surface area contributed by atoms with Gasteiger partial charge >= 0.3 is 5.97 Å². The smallest absolute Gasteiger partial charge is 0.306 e. The number of ether oxygens (including phenoxy) is 1. The third kappa shape index (κ3) is 47.6. The average molecular weight is 908 g/mol. The zero-order valence-corrected chi connectivity index (χ0v) is 42.9. The van der Waals surface area contributed by atoms with Crippen molar-refractivity contribution in [1.29, 1.82) is 0 Å². The number of unbranched alkanes of at least 4 members (excludes halogenated alkanes) is 30. The predicted molar refractivity (Wildman–Crippen MR) is 282 cm³/mol. The highest BCUT2D eigenvalue weighted by atomic mass is 16.5. The number of allylic oxidation sites excluding steroid dienone is 11. The Balaban J connectivity index is 4.54. The molecule has 3 unspecified atom stereocenters. The van der Waals surface area contributed by atoms with Gasteiger partial charge in [0, 0.05) is 12.8 Å². The maximum Gasteiger partial charge on any atom is 0.306 e. The van der Waals surface area contributed by atoms with Crippen LogP contribution in [0.4, 0.5) is 0 Å². The number of hydrogen-bond donors (Lipinski definition) is 3. The monoisotopic (exact) mass is 908 g/mol. The Kier molecular flexibility index (Phi) is 50.1. The van der Waals surface area contributed by atoms with E-state index in [-0.39, 0.29) is 24.9 Å². The molecule has 0 aliphatic carbocycles. The highest BCUT2D eigenvalue weighted by molar-refractivity contribution is 5.77. The van der Waals surface area contributed by atoms with Crippen molar-refractivity contribution in [1.82, 2.24) is 5.32 Å². The number of carbonyl (C=O) groups is 2. The molecule has 0 aromatic carbocycles. The fraction of sp³-hybridized carbons (Fsp3) is 0.763. The number of hydrogen-bond acceptors (Lipinski definition) is 5. The number of carbonyl (C=O) groups excluding carboxylic acids is 2. The van der Waals surface area contributed by atoms with Crippen molar-refractivity contribution in [2.45, 2.75) is 283 Å². The van der Waals surface area contributed by atoms with Crippen LogP contribution in [-0.2, 0) is 14.3 Å². The molecule has 65 heavy (non-hydrogen) atoms. The normalized spacial score (nSPS) is 13.7. The number of aliphatic hydroxyl groups excluding tert-OH is 2. The summed E-state index contributed by atoms with van der Waals surface area (Å²) in [6.45, 7) is 6.31. The lowest BCUT2D eigenvalue weighted by Crippen LogP contribution is -2.46. The third-order valence-electron chi connectivity index (χ3n) is 12.4. The molecule has 6 nitrogen and oxygen atoms in total. The van der Waals surface area contributed by atoms with Gasteiger partial charge in [0.15, 0.2) is 0 Å². The second-order valence-electron chi connectivity index (χ2n) is 18.7. The van der Waals surface area contributed by atoms with E-state index in [0.29, 0.717) is 19.3 Å². The van der Waals surface area contributed by atoms with E-state index in [9.17, 15) is 19.8 Å². The summed E-state index contributed by atoms with van der Waals surface area (Å²) in [4.78, 5) is 26.1. The van der Waals surface area contributed by atoms with Crippen LogP contribution in [0.3, 0.4) is 0 Å². The lowest BCUT2D eigenvalue weighted by atomic mass is 10.0. The first-order valence-electron chi connectivity index (χ1n) is 27.7. The van der Waals surface area contributed by atoms with E-state index in [1.54, 1.807) is 0 Å². The van der Waals surface area contributed by atoms with Crippen LogP contribution < -0.4 is 5.32 Å². The van der Waals surface area contributed by atoms with E-state index in [1.165, 1.54) is 173 Å². The number of nitrogens with one attached hydrogen (secondary N) is 1. The van der Waals surface area contributed by atoms with E-state index in [1.807, 2.05) is 54.7 Å². The van der Waals surface area contributed by atoms with E-state index in [2.05, 4.69) is 44.3 Å². The van der Waals surface area contributed by atoms with Crippen LogP contribution in [0.25, 0.3) is 0 Å². The SMILES string of the molecule is CC/C=C/C=C/C=C\C=C/C=C/CC(CC(=O)NC(CO)C(O)CCCCCCCCCCCCCCCCCC)OC(=O)CCCCCCCCCCC/C=C/CCCCCCCC. The minimum Gasteiger partial charge on any atom is -0.461 e. The van der Waals surface area contributed by atoms with Crippen LogP contribution in [0.2, 0.25) is 0 Å². The summed E-state index contributed by atoms with van der Waals surface area (Å²) in [5.74, 6) is -0.606. The van der Waals surface area contributed by atoms with Crippen LogP contribution >= 0.6 is 0 Å². The van der Waals surface area contributed by atoms with Crippen molar-refractivity contribution in [2.24, 2.45) is 0 Å². The molecule has 0 aliphatic rings. The molecule has 0 aromatic rings.